The van der Waals surface area contributed by atoms with Gasteiger partial charge >= 0.3 is 0 Å². The van der Waals surface area contributed by atoms with E-state index in [2.05, 4.69) is 21.6 Å². The van der Waals surface area contributed by atoms with Crippen LogP contribution in [0.3, 0.4) is 0 Å². The van der Waals surface area contributed by atoms with Crippen molar-refractivity contribution >= 4 is 52.2 Å². The van der Waals surface area contributed by atoms with Crippen molar-refractivity contribution < 1.29 is 4.74 Å². The van der Waals surface area contributed by atoms with Crippen LogP contribution in [-0.4, -0.2) is 56.4 Å². The maximum Gasteiger partial charge on any atom is 0.112 e. The minimum absolute atomic E-state index is 0.409. The molecule has 0 saturated heterocycles. The smallest absolute Gasteiger partial charge is 0.112 e. The topological polar surface area (TPSA) is 98.3 Å². The molecule has 2 rings (SSSR count). The highest BCUT2D eigenvalue weighted by atomic mass is 35.5. The summed E-state index contributed by atoms with van der Waals surface area (Å²) < 4.78 is 5.20. The number of halogens is 1. The molecule has 0 saturated carbocycles. The van der Waals surface area contributed by atoms with Crippen LogP contribution in [0.4, 0.5) is 0 Å². The van der Waals surface area contributed by atoms with Gasteiger partial charge in [0.1, 0.15) is 10.9 Å². The largest absolute Gasteiger partial charge is 0.386 e. The summed E-state index contributed by atoms with van der Waals surface area (Å²) in [5, 5.41) is 1.68. The van der Waals surface area contributed by atoms with Gasteiger partial charge in [0.15, 0.2) is 0 Å². The summed E-state index contributed by atoms with van der Waals surface area (Å²) in [4.78, 5) is 13.9. The van der Waals surface area contributed by atoms with Gasteiger partial charge in [-0.1, -0.05) is 37.2 Å². The van der Waals surface area contributed by atoms with E-state index < -0.39 is 0 Å². The van der Waals surface area contributed by atoms with E-state index >= 15 is 0 Å². The van der Waals surface area contributed by atoms with Crippen molar-refractivity contribution in [2.24, 2.45) is 26.4 Å². The zero-order valence-electron chi connectivity index (χ0n) is 19.5. The number of hydrogen-bond acceptors (Lipinski definition) is 8. The number of rotatable bonds is 6. The van der Waals surface area contributed by atoms with Crippen LogP contribution in [0.25, 0.3) is 0 Å². The Labute approximate surface area is 206 Å². The van der Waals surface area contributed by atoms with E-state index in [-0.39, 0.29) is 0 Å². The fourth-order valence-corrected chi connectivity index (χ4v) is 4.09. The van der Waals surface area contributed by atoms with Gasteiger partial charge < -0.3 is 16.2 Å². The van der Waals surface area contributed by atoms with Crippen LogP contribution in [0.2, 0.25) is 5.02 Å². The molecule has 1 aromatic carbocycles. The molecule has 0 bridgehead atoms. The van der Waals surface area contributed by atoms with E-state index in [1.54, 1.807) is 50.0 Å². The van der Waals surface area contributed by atoms with E-state index in [0.717, 1.165) is 32.9 Å². The second kappa shape index (κ2) is 18.7. The molecule has 0 atom stereocenters. The first-order valence-electron chi connectivity index (χ1n) is 9.84. The van der Waals surface area contributed by atoms with Gasteiger partial charge in [-0.2, -0.15) is 0 Å². The lowest BCUT2D eigenvalue weighted by Gasteiger charge is -2.17. The van der Waals surface area contributed by atoms with Crippen molar-refractivity contribution in [3.63, 3.8) is 0 Å². The molecular formula is C23H34ClN5OS2. The molecule has 1 aromatic rings. The monoisotopic (exact) mass is 495 g/mol. The Morgan fingerprint density at radius 3 is 2.59 bits per heavy atom. The maximum absolute atomic E-state index is 5.80. The molecule has 1 aliphatic heterocycles. The number of aryl methyl sites for hydroxylation is 1. The van der Waals surface area contributed by atoms with Crippen LogP contribution in [0.5, 0.6) is 0 Å². The summed E-state index contributed by atoms with van der Waals surface area (Å²) in [5.74, 6) is 1.26. The summed E-state index contributed by atoms with van der Waals surface area (Å²) in [6, 6.07) is 7.76. The van der Waals surface area contributed by atoms with Gasteiger partial charge in [0.2, 0.25) is 0 Å². The van der Waals surface area contributed by atoms with Gasteiger partial charge in [-0.25, -0.2) is 9.98 Å². The predicted molar refractivity (Wildman–Crippen MR) is 148 cm³/mol. The Kier molecular flexibility index (Phi) is 17.6. The molecule has 32 heavy (non-hydrogen) atoms. The highest BCUT2D eigenvalue weighted by Gasteiger charge is 2.19. The van der Waals surface area contributed by atoms with Crippen molar-refractivity contribution in [1.82, 2.24) is 0 Å². The Morgan fingerprint density at radius 2 is 2.12 bits per heavy atom. The molecular weight excluding hydrogens is 462 g/mol. The molecule has 4 N–H and O–H groups in total. The van der Waals surface area contributed by atoms with Gasteiger partial charge in [-0.05, 0) is 49.6 Å². The lowest BCUT2D eigenvalue weighted by molar-refractivity contribution is 0.225. The summed E-state index contributed by atoms with van der Waals surface area (Å²) in [6.07, 6.45) is 7.17. The third-order valence-electron chi connectivity index (χ3n) is 3.39. The molecule has 0 aliphatic carbocycles. The number of ether oxygens (including phenoxy) is 1. The molecule has 0 spiro atoms. The average Bonchev–Trinajstić information content (AvgIpc) is 2.76. The van der Waals surface area contributed by atoms with E-state index in [0.29, 0.717) is 18.2 Å². The van der Waals surface area contributed by atoms with Gasteiger partial charge in [0, 0.05) is 25.4 Å². The zero-order valence-corrected chi connectivity index (χ0v) is 21.9. The quantitative estimate of drug-likeness (QED) is 0.325. The number of aliphatic imine (C=N–C) groups is 3. The lowest BCUT2D eigenvalue weighted by Crippen LogP contribution is -2.21. The number of nitrogens with two attached hydrogens (primary N) is 2. The first-order chi connectivity index (χ1) is 15.4. The Balaban J connectivity index is 0.000000717. The van der Waals surface area contributed by atoms with Crippen LogP contribution in [0.15, 0.2) is 74.3 Å². The van der Waals surface area contributed by atoms with Crippen LogP contribution < -0.4 is 11.5 Å². The number of amidine groups is 1. The highest BCUT2D eigenvalue weighted by Crippen LogP contribution is 2.30. The number of methoxy groups -OCH3 is 1. The number of nitrogens with zero attached hydrogens (tertiary/aromatic N) is 3. The number of benzene rings is 1. The summed E-state index contributed by atoms with van der Waals surface area (Å²) in [7, 11) is 3.35. The summed E-state index contributed by atoms with van der Waals surface area (Å²) >= 11 is 8.83. The molecule has 176 valence electrons. The van der Waals surface area contributed by atoms with E-state index in [4.69, 9.17) is 27.8 Å². The zero-order chi connectivity index (χ0) is 24.4. The normalized spacial score (nSPS) is 14.3. The molecule has 0 aromatic heterocycles. The molecule has 6 nitrogen and oxygen atoms in total. The van der Waals surface area contributed by atoms with Crippen LogP contribution >= 0.6 is 35.1 Å². The fourth-order valence-electron chi connectivity index (χ4n) is 2.12. The number of thioether (sulfide) groups is 2. The fraction of sp³-hybridized carbons (Fsp3) is 0.348. The second-order valence-electron chi connectivity index (χ2n) is 6.13. The van der Waals surface area contributed by atoms with Gasteiger partial charge in [0.25, 0.3) is 0 Å². The lowest BCUT2D eigenvalue weighted by atomic mass is 10.2. The molecule has 0 unspecified atom stereocenters. The highest BCUT2D eigenvalue weighted by molar-refractivity contribution is 8.17. The summed E-state index contributed by atoms with van der Waals surface area (Å²) in [5.41, 5.74) is 13.4. The minimum atomic E-state index is 0.409. The van der Waals surface area contributed by atoms with E-state index in [9.17, 15) is 0 Å². The second-order valence-corrected chi connectivity index (χ2v) is 8.35. The molecule has 0 fully saturated rings. The predicted octanol–water partition coefficient (Wildman–Crippen LogP) is 5.09. The molecule has 1 heterocycles. The Hall–Kier alpha value is -1.84. The first-order valence-corrected chi connectivity index (χ1v) is 12.4. The van der Waals surface area contributed by atoms with Gasteiger partial charge in [-0.15, -0.1) is 23.5 Å². The maximum atomic E-state index is 5.80. The standard InChI is InChI=1S/C14H20N4OS2.C7H7Cl.C2H7N/c1-5-10(6-7-16-2)17-14(20-4)13-11(8-19-3)18-12(15)9-21-13;1-6-3-2-4-7(8)5-6;1-2-3/h5-7H,1,8-9H2,2-4H3,(H2,15,18);2-5H,1H3;2-3H2,1H3/b10-6+,16-7?,17-14?;;. The van der Waals surface area contributed by atoms with E-state index in [1.807, 2.05) is 50.4 Å². The van der Waals surface area contributed by atoms with Gasteiger partial charge in [0.05, 0.1) is 28.7 Å². The number of allylic oxidation sites excluding steroid dienone is 2. The van der Waals surface area contributed by atoms with Crippen LogP contribution in [-0.2, 0) is 4.74 Å². The molecule has 1 aliphatic rings. The third kappa shape index (κ3) is 12.9. The average molecular weight is 496 g/mol. The first kappa shape index (κ1) is 30.2. The third-order valence-corrected chi connectivity index (χ3v) is 5.59. The van der Waals surface area contributed by atoms with Crippen LogP contribution in [0.1, 0.15) is 12.5 Å². The van der Waals surface area contributed by atoms with Crippen molar-refractivity contribution in [2.75, 3.05) is 39.3 Å². The van der Waals surface area contributed by atoms with E-state index in [1.165, 1.54) is 5.56 Å². The number of hydrogen-bond donors (Lipinski definition) is 2. The minimum Gasteiger partial charge on any atom is -0.386 e. The van der Waals surface area contributed by atoms with Crippen molar-refractivity contribution in [3.8, 4) is 0 Å². The molecule has 0 radical (unpaired) electrons. The SMILES string of the molecule is C=C/C(=C\C=NC)N=C(SC)C1=C(COC)N=C(N)CS1.CCN.Cc1cccc(Cl)c1. The van der Waals surface area contributed by atoms with Crippen molar-refractivity contribution in [1.29, 1.82) is 0 Å². The van der Waals surface area contributed by atoms with Crippen molar-refractivity contribution in [3.05, 3.63) is 69.9 Å². The summed E-state index contributed by atoms with van der Waals surface area (Å²) in [6.45, 7) is 8.85. The Bertz CT molecular complexity index is 846. The Morgan fingerprint density at radius 1 is 1.44 bits per heavy atom. The van der Waals surface area contributed by atoms with Gasteiger partial charge in [-0.3, -0.25) is 4.99 Å². The van der Waals surface area contributed by atoms with Crippen LogP contribution in [0, 0.1) is 6.92 Å². The molecule has 0 amide bonds. The molecule has 9 heteroatoms. The van der Waals surface area contributed by atoms with Crippen molar-refractivity contribution in [2.45, 2.75) is 13.8 Å².